The molecule has 1 aliphatic rings. The maximum atomic E-state index is 15.3. The summed E-state index contributed by atoms with van der Waals surface area (Å²) in [6, 6.07) is 15.7. The van der Waals surface area contributed by atoms with Gasteiger partial charge in [-0.2, -0.15) is 0 Å². The topological polar surface area (TPSA) is 33.5 Å². The number of benzene rings is 3. The van der Waals surface area contributed by atoms with Gasteiger partial charge in [0.1, 0.15) is 23.0 Å². The molecule has 1 amide bonds. The zero-order valence-electron chi connectivity index (χ0n) is 19.1. The molecular formula is C28H23F4NO2. The fraction of sp³-hybridized carbons (Fsp3) is 0.250. The summed E-state index contributed by atoms with van der Waals surface area (Å²) in [4.78, 5) is 14.1. The Morgan fingerprint density at radius 3 is 2.29 bits per heavy atom. The second kappa shape index (κ2) is 8.87. The van der Waals surface area contributed by atoms with E-state index in [0.29, 0.717) is 23.1 Å². The SMILES string of the molecule is CCc1cc2cc(-c3ccc(C(=O)N4CCC(F)(F)CC4)cc3F)cc(-c3ccc(F)cc3)c2o1. The predicted octanol–water partition coefficient (Wildman–Crippen LogP) is 7.48. The van der Waals surface area contributed by atoms with Crippen LogP contribution in [0.1, 0.15) is 35.9 Å². The number of carbonyl (C=O) groups is 1. The van der Waals surface area contributed by atoms with Crippen LogP contribution in [0.4, 0.5) is 17.6 Å². The molecule has 0 saturated carbocycles. The third-order valence-corrected chi connectivity index (χ3v) is 6.48. The second-order valence-electron chi connectivity index (χ2n) is 8.86. The molecule has 0 atom stereocenters. The van der Waals surface area contributed by atoms with Gasteiger partial charge in [0.05, 0.1) is 0 Å². The highest BCUT2D eigenvalue weighted by atomic mass is 19.3. The Balaban J connectivity index is 1.52. The van der Waals surface area contributed by atoms with E-state index in [1.807, 2.05) is 19.1 Å². The van der Waals surface area contributed by atoms with Gasteiger partial charge in [-0.1, -0.05) is 25.1 Å². The summed E-state index contributed by atoms with van der Waals surface area (Å²) >= 11 is 0. The first-order chi connectivity index (χ1) is 16.7. The molecule has 1 saturated heterocycles. The number of halogens is 4. The molecule has 0 unspecified atom stereocenters. The molecule has 0 aliphatic carbocycles. The van der Waals surface area contributed by atoms with Crippen molar-refractivity contribution in [1.29, 1.82) is 0 Å². The first-order valence-electron chi connectivity index (χ1n) is 11.5. The molecule has 7 heteroatoms. The number of amides is 1. The van der Waals surface area contributed by atoms with E-state index in [1.54, 1.807) is 18.2 Å². The molecule has 0 N–H and O–H groups in total. The minimum absolute atomic E-state index is 0.0623. The Morgan fingerprint density at radius 2 is 1.63 bits per heavy atom. The van der Waals surface area contributed by atoms with E-state index in [2.05, 4.69) is 0 Å². The monoisotopic (exact) mass is 481 g/mol. The molecule has 5 rings (SSSR count). The quantitative estimate of drug-likeness (QED) is 0.283. The van der Waals surface area contributed by atoms with Crippen LogP contribution in [0.2, 0.25) is 0 Å². The molecule has 180 valence electrons. The van der Waals surface area contributed by atoms with E-state index in [0.717, 1.165) is 22.8 Å². The van der Waals surface area contributed by atoms with Crippen LogP contribution in [0.5, 0.6) is 0 Å². The van der Waals surface area contributed by atoms with Gasteiger partial charge in [0.25, 0.3) is 11.8 Å². The van der Waals surface area contributed by atoms with Crippen LogP contribution >= 0.6 is 0 Å². The molecule has 3 nitrogen and oxygen atoms in total. The lowest BCUT2D eigenvalue weighted by atomic mass is 9.95. The first-order valence-corrected chi connectivity index (χ1v) is 11.5. The smallest absolute Gasteiger partial charge is 0.253 e. The summed E-state index contributed by atoms with van der Waals surface area (Å²) in [5, 5.41) is 0.785. The van der Waals surface area contributed by atoms with Crippen molar-refractivity contribution in [3.8, 4) is 22.3 Å². The van der Waals surface area contributed by atoms with Crippen molar-refractivity contribution in [3.63, 3.8) is 0 Å². The fourth-order valence-electron chi connectivity index (χ4n) is 4.48. The highest BCUT2D eigenvalue weighted by Gasteiger charge is 2.35. The Kier molecular flexibility index (Phi) is 5.87. The van der Waals surface area contributed by atoms with Crippen molar-refractivity contribution < 1.29 is 26.8 Å². The zero-order chi connectivity index (χ0) is 24.7. The Labute approximate surface area is 200 Å². The third kappa shape index (κ3) is 4.55. The van der Waals surface area contributed by atoms with Crippen molar-refractivity contribution in [2.75, 3.05) is 13.1 Å². The molecule has 0 bridgehead atoms. The minimum atomic E-state index is -2.77. The van der Waals surface area contributed by atoms with Crippen LogP contribution in [0.15, 0.2) is 65.1 Å². The largest absolute Gasteiger partial charge is 0.460 e. The van der Waals surface area contributed by atoms with Crippen molar-refractivity contribution in [2.24, 2.45) is 0 Å². The van der Waals surface area contributed by atoms with Crippen LogP contribution < -0.4 is 0 Å². The normalized spacial score (nSPS) is 15.5. The third-order valence-electron chi connectivity index (χ3n) is 6.48. The first kappa shape index (κ1) is 23.1. The molecule has 4 aromatic rings. The van der Waals surface area contributed by atoms with E-state index < -0.39 is 30.5 Å². The number of piperidine rings is 1. The number of nitrogens with zero attached hydrogens (tertiary/aromatic N) is 1. The average molecular weight is 481 g/mol. The van der Waals surface area contributed by atoms with Gasteiger partial charge in [-0.15, -0.1) is 0 Å². The lowest BCUT2D eigenvalue weighted by molar-refractivity contribution is -0.0494. The minimum Gasteiger partial charge on any atom is -0.460 e. The highest BCUT2D eigenvalue weighted by Crippen LogP contribution is 2.37. The maximum absolute atomic E-state index is 15.3. The van der Waals surface area contributed by atoms with Gasteiger partial charge < -0.3 is 9.32 Å². The number of hydrogen-bond donors (Lipinski definition) is 0. The van der Waals surface area contributed by atoms with E-state index >= 15 is 4.39 Å². The molecule has 35 heavy (non-hydrogen) atoms. The van der Waals surface area contributed by atoms with Gasteiger partial charge in [0.15, 0.2) is 0 Å². The molecule has 0 radical (unpaired) electrons. The van der Waals surface area contributed by atoms with Crippen LogP contribution in [-0.2, 0) is 6.42 Å². The fourth-order valence-corrected chi connectivity index (χ4v) is 4.48. The van der Waals surface area contributed by atoms with E-state index in [9.17, 15) is 18.0 Å². The standard InChI is InChI=1S/C28H23F4NO2/c1-2-22-14-20-13-19(15-24(26(20)35-22)17-3-6-21(29)7-4-17)23-8-5-18(16-25(23)30)27(34)33-11-9-28(31,32)10-12-33/h3-8,13-16H,2,9-12H2,1H3. The summed E-state index contributed by atoms with van der Waals surface area (Å²) < 4.78 is 61.7. The number of furan rings is 1. The second-order valence-corrected chi connectivity index (χ2v) is 8.86. The number of fused-ring (bicyclic) bond motifs is 1. The number of carbonyl (C=O) groups excluding carboxylic acids is 1. The van der Waals surface area contributed by atoms with Gasteiger partial charge in [-0.05, 0) is 53.6 Å². The van der Waals surface area contributed by atoms with Gasteiger partial charge in [-0.3, -0.25) is 4.79 Å². The molecule has 1 aromatic heterocycles. The summed E-state index contributed by atoms with van der Waals surface area (Å²) in [6.07, 6.45) is -0.105. The van der Waals surface area contributed by atoms with Gasteiger partial charge >= 0.3 is 0 Å². The van der Waals surface area contributed by atoms with Gasteiger partial charge in [0, 0.05) is 54.4 Å². The Hall–Kier alpha value is -3.61. The summed E-state index contributed by atoms with van der Waals surface area (Å²) in [5.41, 5.74) is 3.04. The highest BCUT2D eigenvalue weighted by molar-refractivity contribution is 5.98. The van der Waals surface area contributed by atoms with Crippen LogP contribution in [0.25, 0.3) is 33.2 Å². The molecular weight excluding hydrogens is 458 g/mol. The summed E-state index contributed by atoms with van der Waals surface area (Å²) in [5.74, 6) is -3.41. The molecule has 1 aliphatic heterocycles. The van der Waals surface area contributed by atoms with E-state index in [4.69, 9.17) is 4.42 Å². The van der Waals surface area contributed by atoms with E-state index in [-0.39, 0.29) is 30.0 Å². The van der Waals surface area contributed by atoms with Crippen molar-refractivity contribution in [1.82, 2.24) is 4.90 Å². The van der Waals surface area contributed by atoms with Crippen LogP contribution in [-0.4, -0.2) is 29.8 Å². The molecule has 0 spiro atoms. The van der Waals surface area contributed by atoms with Crippen molar-refractivity contribution in [2.45, 2.75) is 32.1 Å². The maximum Gasteiger partial charge on any atom is 0.253 e. The number of hydrogen-bond acceptors (Lipinski definition) is 2. The number of likely N-dealkylation sites (tertiary alicyclic amines) is 1. The summed E-state index contributed by atoms with van der Waals surface area (Å²) in [7, 11) is 0. The number of alkyl halides is 2. The van der Waals surface area contributed by atoms with Crippen molar-refractivity contribution >= 4 is 16.9 Å². The molecule has 3 aromatic carbocycles. The van der Waals surface area contributed by atoms with Gasteiger partial charge in [-0.25, -0.2) is 17.6 Å². The lowest BCUT2D eigenvalue weighted by Gasteiger charge is -2.31. The average Bonchev–Trinajstić information content (AvgIpc) is 3.27. The summed E-state index contributed by atoms with van der Waals surface area (Å²) in [6.45, 7) is 1.84. The molecule has 2 heterocycles. The zero-order valence-corrected chi connectivity index (χ0v) is 19.1. The Bertz CT molecular complexity index is 1400. The van der Waals surface area contributed by atoms with Crippen molar-refractivity contribution in [3.05, 3.63) is 83.6 Å². The predicted molar refractivity (Wildman–Crippen MR) is 126 cm³/mol. The van der Waals surface area contributed by atoms with Gasteiger partial charge in [0.2, 0.25) is 0 Å². The van der Waals surface area contributed by atoms with Crippen LogP contribution in [0.3, 0.4) is 0 Å². The molecule has 1 fully saturated rings. The number of rotatable bonds is 4. The Morgan fingerprint density at radius 1 is 0.914 bits per heavy atom. The lowest BCUT2D eigenvalue weighted by Crippen LogP contribution is -2.42. The number of aryl methyl sites for hydroxylation is 1. The van der Waals surface area contributed by atoms with Crippen LogP contribution in [0, 0.1) is 11.6 Å². The van der Waals surface area contributed by atoms with E-state index in [1.165, 1.54) is 29.2 Å².